The lowest BCUT2D eigenvalue weighted by Gasteiger charge is -2.34. The van der Waals surface area contributed by atoms with Crippen LogP contribution >= 0.6 is 0 Å². The van der Waals surface area contributed by atoms with E-state index in [4.69, 9.17) is 4.74 Å². The van der Waals surface area contributed by atoms with Crippen molar-refractivity contribution < 1.29 is 9.53 Å². The topological polar surface area (TPSA) is 38.3 Å². The number of hydrogen-bond donors (Lipinski definition) is 1. The van der Waals surface area contributed by atoms with Crippen LogP contribution in [0.4, 0.5) is 0 Å². The number of fused-ring (bicyclic) bond motifs is 1. The molecule has 1 aliphatic heterocycles. The highest BCUT2D eigenvalue weighted by Crippen LogP contribution is 2.40. The number of nitrogens with one attached hydrogen (secondary N) is 1. The average molecular weight is 245 g/mol. The second-order valence-corrected chi connectivity index (χ2v) is 5.58. The molecule has 0 aromatic heterocycles. The first-order chi connectivity index (χ1) is 8.72. The molecule has 2 aliphatic rings. The van der Waals surface area contributed by atoms with Gasteiger partial charge in [-0.15, -0.1) is 0 Å². The van der Waals surface area contributed by atoms with Crippen molar-refractivity contribution in [3.05, 3.63) is 34.9 Å². The van der Waals surface area contributed by atoms with Gasteiger partial charge in [0.1, 0.15) is 0 Å². The fourth-order valence-electron chi connectivity index (χ4n) is 3.33. The van der Waals surface area contributed by atoms with Crippen LogP contribution in [0, 0.1) is 5.41 Å². The van der Waals surface area contributed by atoms with Gasteiger partial charge in [0.25, 0.3) is 0 Å². The van der Waals surface area contributed by atoms with Crippen LogP contribution in [0.15, 0.2) is 18.2 Å². The molecule has 1 atom stereocenters. The summed E-state index contributed by atoms with van der Waals surface area (Å²) in [5, 5.41) is 3.48. The molecule has 1 aromatic rings. The van der Waals surface area contributed by atoms with E-state index in [0.29, 0.717) is 11.0 Å². The maximum atomic E-state index is 11.5. The first kappa shape index (κ1) is 11.7. The number of carbonyl (C=O) groups is 1. The summed E-state index contributed by atoms with van der Waals surface area (Å²) in [5.41, 5.74) is 3.89. The minimum Gasteiger partial charge on any atom is -0.465 e. The number of ether oxygens (including phenoxy) is 1. The maximum absolute atomic E-state index is 11.5. The summed E-state index contributed by atoms with van der Waals surface area (Å²) in [6.45, 7) is 2.29. The summed E-state index contributed by atoms with van der Waals surface area (Å²) >= 11 is 0. The number of aryl methyl sites for hydroxylation is 1. The van der Waals surface area contributed by atoms with Gasteiger partial charge in [0.15, 0.2) is 0 Å². The molecule has 1 N–H and O–H groups in total. The van der Waals surface area contributed by atoms with Gasteiger partial charge in [0.05, 0.1) is 12.7 Å². The van der Waals surface area contributed by atoms with E-state index in [1.54, 1.807) is 0 Å². The van der Waals surface area contributed by atoms with Crippen molar-refractivity contribution in [3.63, 3.8) is 0 Å². The minimum atomic E-state index is -0.236. The summed E-state index contributed by atoms with van der Waals surface area (Å²) in [6.07, 6.45) is 4.75. The Morgan fingerprint density at radius 3 is 2.94 bits per heavy atom. The number of carbonyl (C=O) groups excluding carboxylic acids is 1. The molecule has 0 saturated carbocycles. The summed E-state index contributed by atoms with van der Waals surface area (Å²) in [4.78, 5) is 11.5. The van der Waals surface area contributed by atoms with Gasteiger partial charge < -0.3 is 10.1 Å². The average Bonchev–Trinajstić information content (AvgIpc) is 2.85. The zero-order valence-corrected chi connectivity index (χ0v) is 10.8. The Bertz CT molecular complexity index is 475. The van der Waals surface area contributed by atoms with Gasteiger partial charge in [-0.25, -0.2) is 4.79 Å². The fourth-order valence-corrected chi connectivity index (χ4v) is 3.33. The monoisotopic (exact) mass is 245 g/mol. The van der Waals surface area contributed by atoms with E-state index >= 15 is 0 Å². The molecule has 1 aliphatic carbocycles. The van der Waals surface area contributed by atoms with Crippen LogP contribution in [0.1, 0.15) is 34.3 Å². The van der Waals surface area contributed by atoms with Gasteiger partial charge in [-0.1, -0.05) is 6.07 Å². The van der Waals surface area contributed by atoms with E-state index in [1.807, 2.05) is 12.1 Å². The van der Waals surface area contributed by atoms with Gasteiger partial charge in [-0.3, -0.25) is 0 Å². The standard InChI is InChI=1S/C15H19NO2/c1-18-14(17)12-2-3-13-9-15(6-7-16-10-15)5-4-11(13)8-12/h2-3,8,16H,4-7,9-10H2,1H3. The Morgan fingerprint density at radius 2 is 2.22 bits per heavy atom. The van der Waals surface area contributed by atoms with Gasteiger partial charge >= 0.3 is 5.97 Å². The first-order valence-electron chi connectivity index (χ1n) is 6.63. The van der Waals surface area contributed by atoms with E-state index < -0.39 is 0 Å². The number of benzene rings is 1. The molecule has 1 fully saturated rings. The van der Waals surface area contributed by atoms with Crippen molar-refractivity contribution in [3.8, 4) is 0 Å². The van der Waals surface area contributed by atoms with Crippen LogP contribution in [-0.2, 0) is 17.6 Å². The van der Waals surface area contributed by atoms with Crippen molar-refractivity contribution in [1.82, 2.24) is 5.32 Å². The Morgan fingerprint density at radius 1 is 1.33 bits per heavy atom. The highest BCUT2D eigenvalue weighted by Gasteiger charge is 2.36. The van der Waals surface area contributed by atoms with Crippen LogP contribution in [-0.4, -0.2) is 26.2 Å². The SMILES string of the molecule is COC(=O)c1ccc2c(c1)CCC1(CCNC1)C2. The van der Waals surface area contributed by atoms with Crippen molar-refractivity contribution in [1.29, 1.82) is 0 Å². The molecule has 3 heteroatoms. The van der Waals surface area contributed by atoms with Gasteiger partial charge in [0.2, 0.25) is 0 Å². The Kier molecular flexibility index (Phi) is 2.86. The molecule has 0 amide bonds. The number of hydrogen-bond acceptors (Lipinski definition) is 3. The van der Waals surface area contributed by atoms with E-state index in [9.17, 15) is 4.79 Å². The molecule has 0 bridgehead atoms. The van der Waals surface area contributed by atoms with Crippen LogP contribution in [0.25, 0.3) is 0 Å². The lowest BCUT2D eigenvalue weighted by molar-refractivity contribution is 0.0600. The molecule has 96 valence electrons. The Balaban J connectivity index is 1.87. The summed E-state index contributed by atoms with van der Waals surface area (Å²) in [6, 6.07) is 6.02. The predicted octanol–water partition coefficient (Wildman–Crippen LogP) is 1.94. The zero-order chi connectivity index (χ0) is 12.6. The molecule has 3 nitrogen and oxygen atoms in total. The molecular weight excluding hydrogens is 226 g/mol. The van der Waals surface area contributed by atoms with Gasteiger partial charge in [-0.2, -0.15) is 0 Å². The quantitative estimate of drug-likeness (QED) is 0.768. The first-order valence-corrected chi connectivity index (χ1v) is 6.63. The molecule has 1 spiro atoms. The molecule has 18 heavy (non-hydrogen) atoms. The lowest BCUT2D eigenvalue weighted by Crippen LogP contribution is -2.31. The Labute approximate surface area is 108 Å². The normalized spacial score (nSPS) is 26.1. The molecule has 1 saturated heterocycles. The van der Waals surface area contributed by atoms with Crippen LogP contribution in [0.5, 0.6) is 0 Å². The third-order valence-corrected chi connectivity index (χ3v) is 4.45. The summed E-state index contributed by atoms with van der Waals surface area (Å²) in [5.74, 6) is -0.236. The largest absolute Gasteiger partial charge is 0.465 e. The lowest BCUT2D eigenvalue weighted by atomic mass is 9.71. The third-order valence-electron chi connectivity index (χ3n) is 4.45. The molecular formula is C15H19NO2. The Hall–Kier alpha value is -1.35. The highest BCUT2D eigenvalue weighted by molar-refractivity contribution is 5.89. The van der Waals surface area contributed by atoms with E-state index in [0.717, 1.165) is 25.9 Å². The van der Waals surface area contributed by atoms with Crippen molar-refractivity contribution in [2.75, 3.05) is 20.2 Å². The van der Waals surface area contributed by atoms with E-state index in [1.165, 1.54) is 31.1 Å². The molecule has 1 unspecified atom stereocenters. The van der Waals surface area contributed by atoms with E-state index in [2.05, 4.69) is 11.4 Å². The van der Waals surface area contributed by atoms with Gasteiger partial charge in [0, 0.05) is 6.54 Å². The maximum Gasteiger partial charge on any atom is 0.337 e. The van der Waals surface area contributed by atoms with Crippen LogP contribution < -0.4 is 5.32 Å². The van der Waals surface area contributed by atoms with Crippen LogP contribution in [0.2, 0.25) is 0 Å². The molecule has 0 radical (unpaired) electrons. The predicted molar refractivity (Wildman–Crippen MR) is 69.7 cm³/mol. The van der Waals surface area contributed by atoms with Crippen molar-refractivity contribution in [2.45, 2.75) is 25.7 Å². The van der Waals surface area contributed by atoms with E-state index in [-0.39, 0.29) is 5.97 Å². The summed E-state index contributed by atoms with van der Waals surface area (Å²) < 4.78 is 4.77. The van der Waals surface area contributed by atoms with Crippen LogP contribution in [0.3, 0.4) is 0 Å². The number of esters is 1. The van der Waals surface area contributed by atoms with Gasteiger partial charge in [-0.05, 0) is 60.9 Å². The number of rotatable bonds is 1. The highest BCUT2D eigenvalue weighted by atomic mass is 16.5. The molecule has 3 rings (SSSR count). The second kappa shape index (κ2) is 4.39. The fraction of sp³-hybridized carbons (Fsp3) is 0.533. The van der Waals surface area contributed by atoms with Crippen molar-refractivity contribution in [2.24, 2.45) is 5.41 Å². The molecule has 1 aromatic carbocycles. The van der Waals surface area contributed by atoms with Crippen molar-refractivity contribution >= 4 is 5.97 Å². The zero-order valence-electron chi connectivity index (χ0n) is 10.8. The third kappa shape index (κ3) is 1.93. The number of methoxy groups -OCH3 is 1. The molecule has 1 heterocycles. The minimum absolute atomic E-state index is 0.236. The second-order valence-electron chi connectivity index (χ2n) is 5.58. The smallest absolute Gasteiger partial charge is 0.337 e. The summed E-state index contributed by atoms with van der Waals surface area (Å²) in [7, 11) is 1.43.